The van der Waals surface area contributed by atoms with Gasteiger partial charge in [0, 0.05) is 107 Å². The predicted molar refractivity (Wildman–Crippen MR) is 334 cm³/mol. The Morgan fingerprint density at radius 2 is 1.28 bits per heavy atom. The molecule has 500 valence electrons. The van der Waals surface area contributed by atoms with Crippen molar-refractivity contribution in [3.8, 4) is 5.75 Å². The van der Waals surface area contributed by atoms with Gasteiger partial charge in [-0.25, -0.2) is 16.0 Å². The van der Waals surface area contributed by atoms with Gasteiger partial charge in [-0.15, -0.1) is 0 Å². The second kappa shape index (κ2) is 31.1. The quantitative estimate of drug-likeness (QED) is 0.0363. The Bertz CT molecular complexity index is 3370. The molecule has 0 aliphatic carbocycles. The van der Waals surface area contributed by atoms with Gasteiger partial charge in [-0.2, -0.15) is 0 Å². The van der Waals surface area contributed by atoms with Gasteiger partial charge in [-0.3, -0.25) is 33.6 Å². The maximum absolute atomic E-state index is 14.7. The zero-order chi connectivity index (χ0) is 66.8. The molecule has 0 aromatic heterocycles. The minimum atomic E-state index is -2.66. The topological polar surface area (TPSA) is 398 Å². The molecule has 13 N–H and O–H groups in total. The van der Waals surface area contributed by atoms with Crippen molar-refractivity contribution in [2.45, 2.75) is 130 Å². The third-order valence-corrected chi connectivity index (χ3v) is 18.8. The molecule has 9 rings (SSSR count). The molecule has 5 aliphatic rings. The number of carbonyl (C=O) groups excluding carboxylic acids is 7. The number of carbonyl (C=O) groups is 7. The standard InChI is InChI=1S/C63H79N11O18S/c1-35-33-74-55(56(35)81)61(86)65-31-44(76)29-46(66-57(82)40-10-12-41(13-11-40)71-23-25-72(26-24-71)43-16-14-42(15-17-43)70-21-19-39(20-22-70)38-7-5-4-6-8-38)58(83)67-52(36(2)75)62(87)73-34-45(77)30-47(73)59(84)68-53(60(85)69-54(63(74)88)50(80)32-64-3)49(79)27-37-9-18-48(78)51(28-37)93(90)92-91-89/h4-18,28,35-36,39,44-47,49-50,52-56,75-81,89H,19-27,29-34H2,1-2H3,(H,65,86)(H,66,82)(H,67,83)(H,68,84)(H,69,85)/t35?,36?,44-,45?,46-,47?,49+,50+,52?,53?,54-,55?,56-,93?/m0/s1. The van der Waals surface area contributed by atoms with Crippen LogP contribution in [0.25, 0.3) is 4.85 Å². The molecule has 8 unspecified atom stereocenters. The Morgan fingerprint density at radius 3 is 1.88 bits per heavy atom. The molecule has 7 amide bonds. The number of nitrogens with one attached hydrogen (secondary N) is 5. The Labute approximate surface area is 538 Å². The maximum Gasteiger partial charge on any atom is 0.251 e. The number of nitrogens with zero attached hydrogens (tertiary/aromatic N) is 6. The number of piperazine rings is 1. The van der Waals surface area contributed by atoms with Crippen LogP contribution in [0.5, 0.6) is 5.75 Å². The SMILES string of the molecule is [C-]#[N+]C[C@@H](O)[C@@H]1NC(=O)C([C@H](O)Cc2ccc(O)c(S(=O)OOO)c2)NC(=O)C2CC(O)CN2C(=O)C(C(C)O)NC(=O)[C@@H](NC(=O)c2ccc(N3CCN(c4ccc(N5CCC(c6ccccc6)CC5)cc4)CC3)cc2)C[C@H](O)CNC(=O)C2[C@@H](O)C(C)CN2C1=O. The number of aliphatic hydroxyl groups excluding tert-OH is 6. The van der Waals surface area contributed by atoms with Gasteiger partial charge in [0.1, 0.15) is 46.9 Å². The zero-order valence-electron chi connectivity index (χ0n) is 51.2. The van der Waals surface area contributed by atoms with E-state index < -0.39 is 181 Å². The lowest BCUT2D eigenvalue weighted by Crippen LogP contribution is -2.64. The Balaban J connectivity index is 0.931. The molecule has 4 aromatic carbocycles. The molecule has 93 heavy (non-hydrogen) atoms. The number of hydrogen-bond donors (Lipinski definition) is 13. The van der Waals surface area contributed by atoms with Crippen molar-refractivity contribution in [1.82, 2.24) is 36.4 Å². The average molecular weight is 1310 g/mol. The number of rotatable bonds is 15. The first-order valence-corrected chi connectivity index (χ1v) is 31.9. The fourth-order valence-corrected chi connectivity index (χ4v) is 13.3. The lowest BCUT2D eigenvalue weighted by Gasteiger charge is -2.38. The summed E-state index contributed by atoms with van der Waals surface area (Å²) < 4.78 is 16.8. The van der Waals surface area contributed by atoms with Crippen LogP contribution >= 0.6 is 0 Å². The molecule has 5 aliphatic heterocycles. The highest BCUT2D eigenvalue weighted by Crippen LogP contribution is 2.33. The molecule has 0 spiro atoms. The smallest absolute Gasteiger partial charge is 0.251 e. The first kappa shape index (κ1) is 69.0. The minimum Gasteiger partial charge on any atom is -0.507 e. The summed E-state index contributed by atoms with van der Waals surface area (Å²) in [4.78, 5) is 113. The predicted octanol–water partition coefficient (Wildman–Crippen LogP) is -1.59. The van der Waals surface area contributed by atoms with E-state index in [1.165, 1.54) is 24.2 Å². The van der Waals surface area contributed by atoms with Crippen molar-refractivity contribution < 1.29 is 88.1 Å². The molecular weight excluding hydrogens is 1230 g/mol. The molecule has 5 fully saturated rings. The van der Waals surface area contributed by atoms with Crippen LogP contribution in [-0.4, -0.2) is 235 Å². The van der Waals surface area contributed by atoms with Gasteiger partial charge in [0.25, 0.3) is 5.91 Å². The van der Waals surface area contributed by atoms with Crippen LogP contribution < -0.4 is 41.3 Å². The van der Waals surface area contributed by atoms with E-state index in [9.17, 15) is 73.5 Å². The fraction of sp³-hybridized carbons (Fsp3) is 0.492. The fourth-order valence-electron chi connectivity index (χ4n) is 12.7. The van der Waals surface area contributed by atoms with Crippen LogP contribution in [0.4, 0.5) is 17.1 Å². The van der Waals surface area contributed by atoms with E-state index in [1.807, 2.05) is 6.07 Å². The lowest BCUT2D eigenvalue weighted by molar-refractivity contribution is -0.435. The van der Waals surface area contributed by atoms with E-state index in [-0.39, 0.29) is 17.7 Å². The summed E-state index contributed by atoms with van der Waals surface area (Å²) in [5, 5.41) is 103. The molecular formula is C63H79N11O18S. The monoisotopic (exact) mass is 1310 g/mol. The Hall–Kier alpha value is -8.35. The molecule has 5 heterocycles. The van der Waals surface area contributed by atoms with Crippen molar-refractivity contribution >= 4 is 69.5 Å². The average Bonchev–Trinajstić information content (AvgIpc) is 1.72. The number of phenols is 1. The second-order valence-corrected chi connectivity index (χ2v) is 25.3. The number of anilines is 3. The minimum absolute atomic E-state index is 0.00548. The van der Waals surface area contributed by atoms with E-state index in [0.29, 0.717) is 19.0 Å². The number of fused-ring (bicyclic) bond motifs is 2. The van der Waals surface area contributed by atoms with Gasteiger partial charge >= 0.3 is 0 Å². The highest BCUT2D eigenvalue weighted by atomic mass is 32.2. The molecule has 0 saturated carbocycles. The summed E-state index contributed by atoms with van der Waals surface area (Å²) in [5.41, 5.74) is 4.58. The van der Waals surface area contributed by atoms with Crippen LogP contribution in [0.1, 0.15) is 66.9 Å². The van der Waals surface area contributed by atoms with Crippen LogP contribution in [0, 0.1) is 12.5 Å². The van der Waals surface area contributed by atoms with Gasteiger partial charge < -0.3 is 91.7 Å². The van der Waals surface area contributed by atoms with Crippen molar-refractivity contribution in [2.24, 2.45) is 5.92 Å². The zero-order valence-corrected chi connectivity index (χ0v) is 52.0. The first-order valence-electron chi connectivity index (χ1n) is 30.8. The molecule has 14 atom stereocenters. The number of amides is 7. The van der Waals surface area contributed by atoms with Crippen molar-refractivity contribution in [1.29, 1.82) is 0 Å². The highest BCUT2D eigenvalue weighted by molar-refractivity contribution is 7.80. The maximum atomic E-state index is 14.7. The van der Waals surface area contributed by atoms with E-state index >= 15 is 0 Å². The number of aliphatic hydroxyl groups is 6. The Kier molecular flexibility index (Phi) is 23.0. The number of phenolic OH excluding ortho intramolecular Hbond substituents is 1. The molecule has 5 saturated heterocycles. The van der Waals surface area contributed by atoms with E-state index in [1.54, 1.807) is 24.3 Å². The number of benzene rings is 4. The largest absolute Gasteiger partial charge is 0.507 e. The molecule has 29 nitrogen and oxygen atoms in total. The first-order chi connectivity index (χ1) is 44.5. The molecule has 30 heteroatoms. The summed E-state index contributed by atoms with van der Waals surface area (Å²) in [5.74, 6) is -8.93. The van der Waals surface area contributed by atoms with Crippen LogP contribution in [-0.2, 0) is 55.6 Å². The van der Waals surface area contributed by atoms with Gasteiger partial charge in [-0.1, -0.05) is 52.7 Å². The normalized spacial score (nSPS) is 27.1. The van der Waals surface area contributed by atoms with Crippen molar-refractivity contribution in [3.05, 3.63) is 125 Å². The number of piperidine rings is 1. The number of β-amino-alcohol motifs (C(OH)–C–C–N with tert-alkyl or cyclic N) is 1. The summed E-state index contributed by atoms with van der Waals surface area (Å²) in [6, 6.07) is 17.6. The number of hydrogen-bond acceptors (Lipinski definition) is 21. The molecule has 0 radical (unpaired) electrons. The highest BCUT2D eigenvalue weighted by Gasteiger charge is 2.50. The van der Waals surface area contributed by atoms with E-state index in [4.69, 9.17) is 11.8 Å². The van der Waals surface area contributed by atoms with Crippen molar-refractivity contribution in [3.63, 3.8) is 0 Å². The third kappa shape index (κ3) is 16.5. The summed E-state index contributed by atoms with van der Waals surface area (Å²) in [7, 11) is 0. The van der Waals surface area contributed by atoms with Gasteiger partial charge in [0.2, 0.25) is 53.1 Å². The molecule has 4 aromatic rings. The van der Waals surface area contributed by atoms with Crippen LogP contribution in [0.3, 0.4) is 0 Å². The van der Waals surface area contributed by atoms with Gasteiger partial charge in [0.05, 0.1) is 30.5 Å². The van der Waals surface area contributed by atoms with E-state index in [2.05, 4.69) is 104 Å². The van der Waals surface area contributed by atoms with Crippen LogP contribution in [0.15, 0.2) is 102 Å². The number of aromatic hydroxyl groups is 1. The molecule has 0 bridgehead atoms. The van der Waals surface area contributed by atoms with Gasteiger partial charge in [-0.05, 0) is 97.5 Å². The van der Waals surface area contributed by atoms with Gasteiger partial charge in [0.15, 0.2) is 6.10 Å². The third-order valence-electron chi connectivity index (χ3n) is 17.9. The van der Waals surface area contributed by atoms with Crippen LogP contribution in [0.2, 0.25) is 0 Å². The summed E-state index contributed by atoms with van der Waals surface area (Å²) in [6.07, 6.45) is -10.3. The lowest BCUT2D eigenvalue weighted by atomic mass is 9.89. The summed E-state index contributed by atoms with van der Waals surface area (Å²) in [6.45, 7) is 12.4. The van der Waals surface area contributed by atoms with Crippen molar-refractivity contribution in [2.75, 3.05) is 80.1 Å². The second-order valence-electron chi connectivity index (χ2n) is 24.2. The van der Waals surface area contributed by atoms with E-state index in [0.717, 1.165) is 79.3 Å². The Morgan fingerprint density at radius 1 is 0.699 bits per heavy atom. The summed E-state index contributed by atoms with van der Waals surface area (Å²) >= 11 is -2.66.